The second kappa shape index (κ2) is 8.91. The number of amides is 2. The first-order chi connectivity index (χ1) is 11.6. The summed E-state index contributed by atoms with van der Waals surface area (Å²) in [5.41, 5.74) is 3.88. The second-order valence-corrected chi connectivity index (χ2v) is 5.87. The highest BCUT2D eigenvalue weighted by Gasteiger charge is 2.08. The molecule has 0 radical (unpaired) electrons. The van der Waals surface area contributed by atoms with E-state index in [2.05, 4.69) is 42.7 Å². The lowest BCUT2D eigenvalue weighted by atomic mass is 10.0. The Morgan fingerprint density at radius 2 is 1.92 bits per heavy atom. The third-order valence-corrected chi connectivity index (χ3v) is 3.83. The third-order valence-electron chi connectivity index (χ3n) is 3.83. The molecule has 1 heterocycles. The van der Waals surface area contributed by atoms with E-state index in [1.54, 1.807) is 12.1 Å². The van der Waals surface area contributed by atoms with Crippen molar-refractivity contribution in [3.63, 3.8) is 0 Å². The van der Waals surface area contributed by atoms with Crippen molar-refractivity contribution >= 4 is 11.8 Å². The third kappa shape index (κ3) is 5.57. The topological polar surface area (TPSA) is 71.3 Å². The van der Waals surface area contributed by atoms with Crippen molar-refractivity contribution in [3.05, 3.63) is 59.0 Å². The summed E-state index contributed by atoms with van der Waals surface area (Å²) in [4.78, 5) is 23.4. The first-order valence-electron chi connectivity index (χ1n) is 8.21. The smallest absolute Gasteiger partial charge is 0.286 e. The number of benzene rings is 1. The van der Waals surface area contributed by atoms with Gasteiger partial charge in [-0.05, 0) is 49.9 Å². The van der Waals surface area contributed by atoms with E-state index in [1.807, 2.05) is 0 Å². The van der Waals surface area contributed by atoms with Gasteiger partial charge in [0.2, 0.25) is 5.91 Å². The van der Waals surface area contributed by atoms with E-state index in [1.165, 1.54) is 23.0 Å². The van der Waals surface area contributed by atoms with Crippen molar-refractivity contribution in [2.24, 2.45) is 0 Å². The Labute approximate surface area is 142 Å². The van der Waals surface area contributed by atoms with Crippen LogP contribution in [0.2, 0.25) is 0 Å². The number of carbonyl (C=O) groups is 2. The quantitative estimate of drug-likeness (QED) is 0.732. The fourth-order valence-corrected chi connectivity index (χ4v) is 2.51. The summed E-state index contributed by atoms with van der Waals surface area (Å²) < 4.78 is 4.98. The minimum absolute atomic E-state index is 0.0598. The van der Waals surface area contributed by atoms with Crippen LogP contribution in [-0.4, -0.2) is 24.9 Å². The molecule has 0 fully saturated rings. The maximum atomic E-state index is 11.7. The number of furan rings is 1. The van der Waals surface area contributed by atoms with Gasteiger partial charge in [0.25, 0.3) is 5.91 Å². The molecule has 0 saturated carbocycles. The fraction of sp³-hybridized carbons (Fsp3) is 0.368. The van der Waals surface area contributed by atoms with Gasteiger partial charge in [-0.25, -0.2) is 0 Å². The zero-order valence-electron chi connectivity index (χ0n) is 14.2. The molecule has 0 aliphatic heterocycles. The van der Waals surface area contributed by atoms with Gasteiger partial charge in [-0.2, -0.15) is 0 Å². The van der Waals surface area contributed by atoms with Crippen LogP contribution in [0.1, 0.15) is 40.1 Å². The van der Waals surface area contributed by atoms with Crippen LogP contribution in [0.25, 0.3) is 0 Å². The molecule has 5 nitrogen and oxygen atoms in total. The average molecular weight is 328 g/mol. The molecule has 1 aromatic heterocycles. The predicted molar refractivity (Wildman–Crippen MR) is 92.9 cm³/mol. The normalized spacial score (nSPS) is 10.4. The Morgan fingerprint density at radius 3 is 2.62 bits per heavy atom. The molecule has 2 rings (SSSR count). The molecule has 128 valence electrons. The molecule has 0 unspecified atom stereocenters. The zero-order chi connectivity index (χ0) is 17.4. The lowest BCUT2D eigenvalue weighted by Crippen LogP contribution is -2.31. The lowest BCUT2D eigenvalue weighted by Gasteiger charge is -2.08. The van der Waals surface area contributed by atoms with Crippen LogP contribution in [-0.2, 0) is 11.2 Å². The molecule has 2 aromatic rings. The molecule has 2 N–H and O–H groups in total. The van der Waals surface area contributed by atoms with Crippen LogP contribution in [0.15, 0.2) is 41.0 Å². The van der Waals surface area contributed by atoms with E-state index >= 15 is 0 Å². The summed E-state index contributed by atoms with van der Waals surface area (Å²) in [7, 11) is 0. The number of nitrogens with one attached hydrogen (secondary N) is 2. The Hall–Kier alpha value is -2.56. The lowest BCUT2D eigenvalue weighted by molar-refractivity contribution is -0.120. The summed E-state index contributed by atoms with van der Waals surface area (Å²) in [6, 6.07) is 9.68. The number of rotatable bonds is 8. The maximum absolute atomic E-state index is 11.7. The minimum Gasteiger partial charge on any atom is -0.459 e. The largest absolute Gasteiger partial charge is 0.459 e. The van der Waals surface area contributed by atoms with Crippen molar-refractivity contribution < 1.29 is 14.0 Å². The van der Waals surface area contributed by atoms with Gasteiger partial charge in [0.15, 0.2) is 5.76 Å². The Morgan fingerprint density at radius 1 is 1.08 bits per heavy atom. The fourth-order valence-electron chi connectivity index (χ4n) is 2.51. The van der Waals surface area contributed by atoms with Crippen LogP contribution >= 0.6 is 0 Å². The van der Waals surface area contributed by atoms with Gasteiger partial charge in [-0.3, -0.25) is 9.59 Å². The van der Waals surface area contributed by atoms with E-state index < -0.39 is 0 Å². The Kier molecular flexibility index (Phi) is 6.61. The van der Waals surface area contributed by atoms with Gasteiger partial charge in [-0.15, -0.1) is 0 Å². The van der Waals surface area contributed by atoms with Gasteiger partial charge in [0, 0.05) is 19.5 Å². The molecule has 0 atom stereocenters. The van der Waals surface area contributed by atoms with Gasteiger partial charge in [0.05, 0.1) is 6.26 Å². The molecule has 0 aliphatic carbocycles. The van der Waals surface area contributed by atoms with E-state index in [0.717, 1.165) is 12.8 Å². The van der Waals surface area contributed by atoms with E-state index in [4.69, 9.17) is 4.42 Å². The molecule has 0 bridgehead atoms. The van der Waals surface area contributed by atoms with Crippen LogP contribution < -0.4 is 10.6 Å². The predicted octanol–water partition coefficient (Wildman–Crippen LogP) is 2.77. The maximum Gasteiger partial charge on any atom is 0.286 e. The van der Waals surface area contributed by atoms with Crippen molar-refractivity contribution in [3.8, 4) is 0 Å². The second-order valence-electron chi connectivity index (χ2n) is 5.87. The standard InChI is InChI=1S/C19H24N2O3/c1-14-7-8-16(15(2)13-14)5-3-10-20-18(22)9-11-21-19(23)17-6-4-12-24-17/h4,6-8,12-13H,3,5,9-11H2,1-2H3,(H,20,22)(H,21,23). The van der Waals surface area contributed by atoms with Crippen molar-refractivity contribution in [1.29, 1.82) is 0 Å². The first kappa shape index (κ1) is 17.8. The summed E-state index contributed by atoms with van der Waals surface area (Å²) in [5.74, 6) is -0.109. The number of hydrogen-bond acceptors (Lipinski definition) is 3. The molecule has 0 spiro atoms. The SMILES string of the molecule is Cc1ccc(CCCNC(=O)CCNC(=O)c2ccco2)c(C)c1. The number of hydrogen-bond donors (Lipinski definition) is 2. The molecular formula is C19H24N2O3. The summed E-state index contributed by atoms with van der Waals surface area (Å²) in [6.07, 6.45) is 3.55. The van der Waals surface area contributed by atoms with Crippen LogP contribution in [0.5, 0.6) is 0 Å². The molecule has 5 heteroatoms. The molecule has 0 saturated heterocycles. The Bertz CT molecular complexity index is 678. The van der Waals surface area contributed by atoms with E-state index in [0.29, 0.717) is 13.1 Å². The molecule has 0 aliphatic rings. The van der Waals surface area contributed by atoms with Gasteiger partial charge < -0.3 is 15.1 Å². The van der Waals surface area contributed by atoms with E-state index in [-0.39, 0.29) is 24.0 Å². The van der Waals surface area contributed by atoms with Crippen LogP contribution in [0.4, 0.5) is 0 Å². The molecule has 24 heavy (non-hydrogen) atoms. The van der Waals surface area contributed by atoms with E-state index in [9.17, 15) is 9.59 Å². The summed E-state index contributed by atoms with van der Waals surface area (Å²) in [6.45, 7) is 5.13. The minimum atomic E-state index is -0.303. The molecular weight excluding hydrogens is 304 g/mol. The Balaban J connectivity index is 1.59. The van der Waals surface area contributed by atoms with Crippen LogP contribution in [0, 0.1) is 13.8 Å². The summed E-state index contributed by atoms with van der Waals surface area (Å²) in [5, 5.41) is 5.53. The summed E-state index contributed by atoms with van der Waals surface area (Å²) >= 11 is 0. The molecule has 1 aromatic carbocycles. The highest BCUT2D eigenvalue weighted by Crippen LogP contribution is 2.12. The highest BCUT2D eigenvalue weighted by molar-refractivity contribution is 5.91. The highest BCUT2D eigenvalue weighted by atomic mass is 16.3. The van der Waals surface area contributed by atoms with Gasteiger partial charge in [-0.1, -0.05) is 23.8 Å². The van der Waals surface area contributed by atoms with Crippen molar-refractivity contribution in [2.75, 3.05) is 13.1 Å². The van der Waals surface area contributed by atoms with Gasteiger partial charge >= 0.3 is 0 Å². The van der Waals surface area contributed by atoms with Gasteiger partial charge in [0.1, 0.15) is 0 Å². The number of aryl methyl sites for hydroxylation is 3. The average Bonchev–Trinajstić information content (AvgIpc) is 3.07. The molecule has 2 amide bonds. The van der Waals surface area contributed by atoms with Crippen molar-refractivity contribution in [2.45, 2.75) is 33.1 Å². The number of carbonyl (C=O) groups excluding carboxylic acids is 2. The zero-order valence-corrected chi connectivity index (χ0v) is 14.2. The monoisotopic (exact) mass is 328 g/mol. The van der Waals surface area contributed by atoms with Crippen LogP contribution in [0.3, 0.4) is 0 Å². The van der Waals surface area contributed by atoms with Crippen molar-refractivity contribution in [1.82, 2.24) is 10.6 Å². The first-order valence-corrected chi connectivity index (χ1v) is 8.21.